The first-order valence-corrected chi connectivity index (χ1v) is 8.41. The van der Waals surface area contributed by atoms with Gasteiger partial charge in [-0.3, -0.25) is 14.6 Å². The fourth-order valence-corrected chi connectivity index (χ4v) is 2.39. The molecule has 3 rings (SSSR count). The Hall–Kier alpha value is -2.95. The van der Waals surface area contributed by atoms with E-state index in [1.807, 2.05) is 31.2 Å². The molecule has 1 atom stereocenters. The molecule has 0 bridgehead atoms. The molecule has 1 aliphatic rings. The normalized spacial score (nSPS) is 14.9. The number of nitrogens with zero attached hydrogens (tertiary/aromatic N) is 1. The minimum absolute atomic E-state index is 0.0407. The lowest BCUT2D eigenvalue weighted by molar-refractivity contribution is -0.117. The van der Waals surface area contributed by atoms with E-state index in [1.165, 1.54) is 6.08 Å². The molecule has 1 aromatic heterocycles. The van der Waals surface area contributed by atoms with Crippen LogP contribution in [-0.4, -0.2) is 22.8 Å². The molecule has 0 radical (unpaired) electrons. The van der Waals surface area contributed by atoms with Crippen LogP contribution in [-0.2, 0) is 4.79 Å². The first kappa shape index (κ1) is 16.9. The van der Waals surface area contributed by atoms with Gasteiger partial charge in [0.25, 0.3) is 5.91 Å². The highest BCUT2D eigenvalue weighted by molar-refractivity contribution is 5.95. The minimum atomic E-state index is -0.174. The summed E-state index contributed by atoms with van der Waals surface area (Å²) in [4.78, 5) is 28.0. The Bertz CT molecular complexity index is 765. The monoisotopic (exact) mass is 335 g/mol. The topological polar surface area (TPSA) is 71.1 Å². The van der Waals surface area contributed by atoms with Crippen molar-refractivity contribution in [3.8, 4) is 0 Å². The molecule has 1 aliphatic carbocycles. The Balaban J connectivity index is 1.54. The highest BCUT2D eigenvalue weighted by Crippen LogP contribution is 2.19. The fraction of sp³-hybridized carbons (Fsp3) is 0.250. The molecule has 5 nitrogen and oxygen atoms in total. The zero-order valence-electron chi connectivity index (χ0n) is 14.1. The van der Waals surface area contributed by atoms with Gasteiger partial charge in [-0.1, -0.05) is 18.2 Å². The maximum atomic E-state index is 12.0. The van der Waals surface area contributed by atoms with E-state index in [0.29, 0.717) is 11.6 Å². The van der Waals surface area contributed by atoms with E-state index in [-0.39, 0.29) is 17.9 Å². The maximum absolute atomic E-state index is 12.0. The third-order valence-electron chi connectivity index (χ3n) is 4.06. The Morgan fingerprint density at radius 2 is 1.96 bits per heavy atom. The van der Waals surface area contributed by atoms with E-state index in [1.54, 1.807) is 30.6 Å². The summed E-state index contributed by atoms with van der Waals surface area (Å²) in [7, 11) is 0. The smallest absolute Gasteiger partial charge is 0.251 e. The van der Waals surface area contributed by atoms with Gasteiger partial charge in [-0.25, -0.2) is 0 Å². The number of nitrogens with one attached hydrogen (secondary N) is 2. The summed E-state index contributed by atoms with van der Waals surface area (Å²) >= 11 is 0. The summed E-state index contributed by atoms with van der Waals surface area (Å²) in [5.74, 6) is -0.215. The minimum Gasteiger partial charge on any atom is -0.349 e. The van der Waals surface area contributed by atoms with E-state index >= 15 is 0 Å². The van der Waals surface area contributed by atoms with Crippen molar-refractivity contribution in [2.45, 2.75) is 31.8 Å². The van der Waals surface area contributed by atoms with Crippen LogP contribution in [0, 0.1) is 0 Å². The molecule has 1 fully saturated rings. The zero-order valence-corrected chi connectivity index (χ0v) is 14.1. The van der Waals surface area contributed by atoms with Crippen LogP contribution in [0.5, 0.6) is 0 Å². The predicted molar refractivity (Wildman–Crippen MR) is 96.8 cm³/mol. The molecule has 0 saturated heterocycles. The van der Waals surface area contributed by atoms with Crippen molar-refractivity contribution in [2.75, 3.05) is 0 Å². The second kappa shape index (κ2) is 7.75. The molecule has 2 aromatic rings. The molecule has 0 aliphatic heterocycles. The van der Waals surface area contributed by atoms with Gasteiger partial charge in [0, 0.05) is 30.1 Å². The van der Waals surface area contributed by atoms with Gasteiger partial charge in [0.2, 0.25) is 5.91 Å². The van der Waals surface area contributed by atoms with E-state index in [0.717, 1.165) is 24.0 Å². The van der Waals surface area contributed by atoms with Gasteiger partial charge in [0.15, 0.2) is 0 Å². The average molecular weight is 335 g/mol. The Kier molecular flexibility index (Phi) is 5.23. The first-order valence-electron chi connectivity index (χ1n) is 8.41. The highest BCUT2D eigenvalue weighted by Gasteiger charge is 2.23. The lowest BCUT2D eigenvalue weighted by Crippen LogP contribution is -2.25. The lowest BCUT2D eigenvalue weighted by atomic mass is 10.1. The predicted octanol–water partition coefficient (Wildman–Crippen LogP) is 2.86. The molecule has 1 saturated carbocycles. The molecule has 2 N–H and O–H groups in total. The molecule has 1 aromatic carbocycles. The maximum Gasteiger partial charge on any atom is 0.251 e. The Morgan fingerprint density at radius 3 is 2.60 bits per heavy atom. The largest absolute Gasteiger partial charge is 0.349 e. The lowest BCUT2D eigenvalue weighted by Gasteiger charge is -2.12. The zero-order chi connectivity index (χ0) is 17.6. The number of benzene rings is 1. The number of hydrogen-bond acceptors (Lipinski definition) is 3. The summed E-state index contributed by atoms with van der Waals surface area (Å²) < 4.78 is 0. The number of pyridine rings is 1. The molecule has 2 amide bonds. The van der Waals surface area contributed by atoms with E-state index in [9.17, 15) is 9.59 Å². The van der Waals surface area contributed by atoms with Crippen molar-refractivity contribution in [2.24, 2.45) is 0 Å². The van der Waals surface area contributed by atoms with Crippen molar-refractivity contribution < 1.29 is 9.59 Å². The van der Waals surface area contributed by atoms with E-state index in [4.69, 9.17) is 0 Å². The van der Waals surface area contributed by atoms with Crippen LogP contribution in [0.25, 0.3) is 6.08 Å². The average Bonchev–Trinajstić information content (AvgIpc) is 3.45. The van der Waals surface area contributed by atoms with Gasteiger partial charge < -0.3 is 10.6 Å². The molecular formula is C20H21N3O2. The SMILES string of the molecule is CC(NC(=O)/C=C/c1ccc(C(=O)NC2CC2)cc1)c1cccnc1. The third kappa shape index (κ3) is 5.01. The van der Waals surface area contributed by atoms with Crippen LogP contribution in [0.1, 0.15) is 47.3 Å². The number of amides is 2. The van der Waals surface area contributed by atoms with Crippen LogP contribution >= 0.6 is 0 Å². The van der Waals surface area contributed by atoms with Crippen LogP contribution in [0.15, 0.2) is 54.9 Å². The summed E-state index contributed by atoms with van der Waals surface area (Å²) in [6, 6.07) is 11.2. The third-order valence-corrected chi connectivity index (χ3v) is 4.06. The quantitative estimate of drug-likeness (QED) is 0.798. The van der Waals surface area contributed by atoms with Gasteiger partial charge in [-0.2, -0.15) is 0 Å². The van der Waals surface area contributed by atoms with Crippen molar-refractivity contribution in [3.05, 3.63) is 71.6 Å². The van der Waals surface area contributed by atoms with Crippen molar-refractivity contribution >= 4 is 17.9 Å². The fourth-order valence-electron chi connectivity index (χ4n) is 2.39. The van der Waals surface area contributed by atoms with Crippen LogP contribution in [0.4, 0.5) is 0 Å². The van der Waals surface area contributed by atoms with E-state index in [2.05, 4.69) is 15.6 Å². The Labute approximate surface area is 147 Å². The van der Waals surface area contributed by atoms with Gasteiger partial charge >= 0.3 is 0 Å². The first-order chi connectivity index (χ1) is 12.1. The summed E-state index contributed by atoms with van der Waals surface area (Å²) in [5, 5.41) is 5.85. The van der Waals surface area contributed by atoms with Crippen molar-refractivity contribution in [1.82, 2.24) is 15.6 Å². The Morgan fingerprint density at radius 1 is 1.20 bits per heavy atom. The molecule has 1 unspecified atom stereocenters. The van der Waals surface area contributed by atoms with Crippen molar-refractivity contribution in [3.63, 3.8) is 0 Å². The van der Waals surface area contributed by atoms with Crippen LogP contribution < -0.4 is 10.6 Å². The van der Waals surface area contributed by atoms with Gasteiger partial charge in [0.1, 0.15) is 0 Å². The number of hydrogen-bond donors (Lipinski definition) is 2. The molecule has 0 spiro atoms. The van der Waals surface area contributed by atoms with Gasteiger partial charge in [-0.15, -0.1) is 0 Å². The molecule has 128 valence electrons. The number of carbonyl (C=O) groups is 2. The van der Waals surface area contributed by atoms with Gasteiger partial charge in [0.05, 0.1) is 6.04 Å². The van der Waals surface area contributed by atoms with Crippen LogP contribution in [0.2, 0.25) is 0 Å². The highest BCUT2D eigenvalue weighted by atomic mass is 16.2. The molecular weight excluding hydrogens is 314 g/mol. The summed E-state index contributed by atoms with van der Waals surface area (Å²) in [5.41, 5.74) is 2.46. The van der Waals surface area contributed by atoms with E-state index < -0.39 is 0 Å². The molecule has 1 heterocycles. The van der Waals surface area contributed by atoms with Gasteiger partial charge in [-0.05, 0) is 55.2 Å². The summed E-state index contributed by atoms with van der Waals surface area (Å²) in [6.07, 6.45) is 8.80. The molecule has 25 heavy (non-hydrogen) atoms. The van der Waals surface area contributed by atoms with Crippen LogP contribution in [0.3, 0.4) is 0 Å². The summed E-state index contributed by atoms with van der Waals surface area (Å²) in [6.45, 7) is 1.91. The number of carbonyl (C=O) groups excluding carboxylic acids is 2. The van der Waals surface area contributed by atoms with Crippen molar-refractivity contribution in [1.29, 1.82) is 0 Å². The number of aromatic nitrogens is 1. The second-order valence-electron chi connectivity index (χ2n) is 6.22. The standard InChI is InChI=1S/C20H21N3O2/c1-14(17-3-2-12-21-13-17)22-19(24)11-6-15-4-7-16(8-5-15)20(25)23-18-9-10-18/h2-8,11-14,18H,9-10H2,1H3,(H,22,24)(H,23,25)/b11-6+. The second-order valence-corrected chi connectivity index (χ2v) is 6.22. The number of rotatable bonds is 6. The molecule has 5 heteroatoms.